The summed E-state index contributed by atoms with van der Waals surface area (Å²) in [6, 6.07) is 8.24. The van der Waals surface area contributed by atoms with Crippen molar-refractivity contribution < 1.29 is 22.7 Å². The Morgan fingerprint density at radius 2 is 1.89 bits per heavy atom. The van der Waals surface area contributed by atoms with E-state index in [1.807, 2.05) is 11.8 Å². The van der Waals surface area contributed by atoms with Gasteiger partial charge in [-0.25, -0.2) is 8.42 Å². The molecule has 150 valence electrons. The molecule has 2 aromatic rings. The van der Waals surface area contributed by atoms with E-state index in [-0.39, 0.29) is 18.7 Å². The molecule has 1 atom stereocenters. The van der Waals surface area contributed by atoms with Crippen molar-refractivity contribution in [3.8, 4) is 11.5 Å². The van der Waals surface area contributed by atoms with Crippen LogP contribution in [0.5, 0.6) is 11.5 Å². The Morgan fingerprint density at radius 3 is 2.61 bits per heavy atom. The average Bonchev–Trinajstić information content (AvgIpc) is 3.39. The van der Waals surface area contributed by atoms with E-state index >= 15 is 0 Å². The number of amides is 1. The van der Waals surface area contributed by atoms with E-state index in [0.717, 1.165) is 0 Å². The number of hydrogen-bond donors (Lipinski definition) is 1. The first-order chi connectivity index (χ1) is 13.4. The van der Waals surface area contributed by atoms with Gasteiger partial charge in [-0.15, -0.1) is 11.3 Å². The maximum atomic E-state index is 12.6. The zero-order valence-corrected chi connectivity index (χ0v) is 17.0. The molecule has 2 aliphatic rings. The highest BCUT2D eigenvalue weighted by Gasteiger charge is 2.32. The number of anilines is 1. The number of nitrogens with one attached hydrogen (secondary N) is 1. The summed E-state index contributed by atoms with van der Waals surface area (Å²) in [6.07, 6.45) is 0. The van der Waals surface area contributed by atoms with Gasteiger partial charge in [0.05, 0.1) is 6.04 Å². The summed E-state index contributed by atoms with van der Waals surface area (Å²) in [4.78, 5) is 14.6. The van der Waals surface area contributed by atoms with Crippen LogP contribution in [0.2, 0.25) is 0 Å². The van der Waals surface area contributed by atoms with Gasteiger partial charge in [0.15, 0.2) is 11.5 Å². The number of fused-ring (bicyclic) bond motifs is 1. The van der Waals surface area contributed by atoms with Gasteiger partial charge in [-0.3, -0.25) is 9.69 Å². The highest BCUT2D eigenvalue weighted by atomic mass is 32.2. The van der Waals surface area contributed by atoms with Crippen LogP contribution in [0.3, 0.4) is 0 Å². The van der Waals surface area contributed by atoms with Gasteiger partial charge in [-0.2, -0.15) is 4.31 Å². The predicted molar refractivity (Wildman–Crippen MR) is 105 cm³/mol. The second-order valence-electron chi connectivity index (χ2n) is 6.61. The van der Waals surface area contributed by atoms with Gasteiger partial charge in [0, 0.05) is 37.9 Å². The third kappa shape index (κ3) is 3.72. The van der Waals surface area contributed by atoms with E-state index in [2.05, 4.69) is 5.32 Å². The van der Waals surface area contributed by atoms with Crippen LogP contribution in [-0.2, 0) is 14.8 Å². The average molecular weight is 424 g/mol. The fourth-order valence-corrected chi connectivity index (χ4v) is 5.82. The molecular weight excluding hydrogens is 402 g/mol. The first-order valence-corrected chi connectivity index (χ1v) is 11.3. The Bertz CT molecular complexity index is 954. The van der Waals surface area contributed by atoms with Gasteiger partial charge in [0.2, 0.25) is 12.7 Å². The summed E-state index contributed by atoms with van der Waals surface area (Å²) in [6.45, 7) is 3.73. The minimum Gasteiger partial charge on any atom is -0.454 e. The second-order valence-corrected chi connectivity index (χ2v) is 9.72. The van der Waals surface area contributed by atoms with Gasteiger partial charge in [-0.1, -0.05) is 6.07 Å². The fraction of sp³-hybridized carbons (Fsp3) is 0.389. The normalized spacial score (nSPS) is 18.8. The molecule has 1 aromatic carbocycles. The number of sulfonamides is 1. The lowest BCUT2D eigenvalue weighted by Crippen LogP contribution is -2.53. The quantitative estimate of drug-likeness (QED) is 0.789. The molecule has 0 radical (unpaired) electrons. The summed E-state index contributed by atoms with van der Waals surface area (Å²) in [5.41, 5.74) is 0.639. The van der Waals surface area contributed by atoms with E-state index in [1.54, 1.807) is 35.7 Å². The molecule has 0 saturated carbocycles. The van der Waals surface area contributed by atoms with Crippen LogP contribution in [-0.4, -0.2) is 62.5 Å². The Hall–Kier alpha value is -2.14. The van der Waals surface area contributed by atoms with E-state index < -0.39 is 10.0 Å². The van der Waals surface area contributed by atoms with Gasteiger partial charge in [0.1, 0.15) is 4.21 Å². The van der Waals surface area contributed by atoms with E-state index in [4.69, 9.17) is 9.47 Å². The molecule has 8 nitrogen and oxygen atoms in total. The summed E-state index contributed by atoms with van der Waals surface area (Å²) in [7, 11) is -3.44. The van der Waals surface area contributed by atoms with Crippen molar-refractivity contribution in [2.24, 2.45) is 0 Å². The fourth-order valence-electron chi connectivity index (χ4n) is 3.26. The van der Waals surface area contributed by atoms with Crippen molar-refractivity contribution in [3.05, 3.63) is 35.7 Å². The molecular formula is C18H21N3O5S2. The van der Waals surface area contributed by atoms with E-state index in [1.165, 1.54) is 15.6 Å². The number of hydrogen-bond acceptors (Lipinski definition) is 7. The number of rotatable bonds is 5. The van der Waals surface area contributed by atoms with Crippen LogP contribution in [0.15, 0.2) is 39.9 Å². The van der Waals surface area contributed by atoms with Gasteiger partial charge in [-0.05, 0) is 30.5 Å². The summed E-state index contributed by atoms with van der Waals surface area (Å²) < 4.78 is 37.7. The molecule has 1 amide bonds. The Kier molecular flexibility index (Phi) is 5.28. The first kappa shape index (κ1) is 19.2. The van der Waals surface area contributed by atoms with Crippen LogP contribution in [0.25, 0.3) is 0 Å². The molecule has 10 heteroatoms. The molecule has 2 aliphatic heterocycles. The molecule has 1 aromatic heterocycles. The summed E-state index contributed by atoms with van der Waals surface area (Å²) >= 11 is 1.22. The maximum Gasteiger partial charge on any atom is 0.252 e. The van der Waals surface area contributed by atoms with E-state index in [0.29, 0.717) is 47.6 Å². The molecule has 0 bridgehead atoms. The predicted octanol–water partition coefficient (Wildman–Crippen LogP) is 1.81. The second kappa shape index (κ2) is 7.70. The molecule has 0 aliphatic carbocycles. The van der Waals surface area contributed by atoms with Crippen LogP contribution in [0.4, 0.5) is 5.69 Å². The van der Waals surface area contributed by atoms with Crippen LogP contribution >= 0.6 is 11.3 Å². The molecule has 4 rings (SSSR count). The number of carbonyl (C=O) groups excluding carboxylic acids is 1. The lowest BCUT2D eigenvalue weighted by atomic mass is 10.2. The molecule has 1 saturated heterocycles. The van der Waals surface area contributed by atoms with Crippen LogP contribution in [0, 0.1) is 0 Å². The number of piperazine rings is 1. The summed E-state index contributed by atoms with van der Waals surface area (Å²) in [5, 5.41) is 4.64. The zero-order valence-electron chi connectivity index (χ0n) is 15.3. The molecule has 1 fully saturated rings. The lowest BCUT2D eigenvalue weighted by Gasteiger charge is -2.36. The molecule has 0 spiro atoms. The minimum absolute atomic E-state index is 0.145. The van der Waals surface area contributed by atoms with Gasteiger partial charge >= 0.3 is 0 Å². The maximum absolute atomic E-state index is 12.6. The third-order valence-electron chi connectivity index (χ3n) is 4.93. The molecule has 1 unspecified atom stereocenters. The Labute approximate surface area is 167 Å². The number of ether oxygens (including phenoxy) is 2. The lowest BCUT2D eigenvalue weighted by molar-refractivity contribution is -0.121. The van der Waals surface area contributed by atoms with Gasteiger partial charge in [0.25, 0.3) is 10.0 Å². The Morgan fingerprint density at radius 1 is 1.14 bits per heavy atom. The number of benzene rings is 1. The highest BCUT2D eigenvalue weighted by molar-refractivity contribution is 7.91. The monoisotopic (exact) mass is 423 g/mol. The molecule has 3 heterocycles. The number of nitrogens with zero attached hydrogens (tertiary/aromatic N) is 2. The SMILES string of the molecule is CC(C(=O)Nc1ccc2c(c1)OCO2)N1CCN(S(=O)(=O)c2cccs2)CC1. The number of carbonyl (C=O) groups is 1. The smallest absolute Gasteiger partial charge is 0.252 e. The topological polar surface area (TPSA) is 88.2 Å². The standard InChI is InChI=1S/C18H21N3O5S2/c1-13(18(22)19-14-4-5-15-16(11-14)26-12-25-15)20-6-8-21(9-7-20)28(23,24)17-3-2-10-27-17/h2-5,10-11,13H,6-9,12H2,1H3,(H,19,22). The van der Waals surface area contributed by atoms with Crippen LogP contribution < -0.4 is 14.8 Å². The van der Waals surface area contributed by atoms with Crippen LogP contribution in [0.1, 0.15) is 6.92 Å². The Balaban J connectivity index is 1.34. The van der Waals surface area contributed by atoms with Crippen molar-refractivity contribution in [2.75, 3.05) is 38.3 Å². The highest BCUT2D eigenvalue weighted by Crippen LogP contribution is 2.34. The van der Waals surface area contributed by atoms with Crippen molar-refractivity contribution in [1.29, 1.82) is 0 Å². The van der Waals surface area contributed by atoms with E-state index in [9.17, 15) is 13.2 Å². The molecule has 28 heavy (non-hydrogen) atoms. The third-order valence-corrected chi connectivity index (χ3v) is 8.20. The minimum atomic E-state index is -3.44. The largest absolute Gasteiger partial charge is 0.454 e. The number of thiophene rings is 1. The zero-order chi connectivity index (χ0) is 19.7. The van der Waals surface area contributed by atoms with Crippen molar-refractivity contribution in [3.63, 3.8) is 0 Å². The van der Waals surface area contributed by atoms with Crippen molar-refractivity contribution in [2.45, 2.75) is 17.2 Å². The van der Waals surface area contributed by atoms with Crippen molar-refractivity contribution >= 4 is 33.0 Å². The van der Waals surface area contributed by atoms with Gasteiger partial charge < -0.3 is 14.8 Å². The molecule has 1 N–H and O–H groups in total. The van der Waals surface area contributed by atoms with Crippen molar-refractivity contribution in [1.82, 2.24) is 9.21 Å². The first-order valence-electron chi connectivity index (χ1n) is 8.93. The summed E-state index contributed by atoms with van der Waals surface area (Å²) in [5.74, 6) is 1.13.